The third-order valence-electron chi connectivity index (χ3n) is 5.46. The first kappa shape index (κ1) is 27.4. The van der Waals surface area contributed by atoms with Crippen LogP contribution in [0.1, 0.15) is 5.56 Å². The number of aromatic amines is 1. The summed E-state index contributed by atoms with van der Waals surface area (Å²) in [7, 11) is -2.75. The lowest BCUT2D eigenvalue weighted by atomic mass is 10.2. The average Bonchev–Trinajstić information content (AvgIpc) is 3.53. The van der Waals surface area contributed by atoms with Crippen LogP contribution in [0.4, 0.5) is 5.82 Å². The second kappa shape index (κ2) is 11.9. The van der Waals surface area contributed by atoms with Gasteiger partial charge in [-0.25, -0.2) is 9.97 Å². The zero-order valence-electron chi connectivity index (χ0n) is 21.8. The van der Waals surface area contributed by atoms with Gasteiger partial charge < -0.3 is 19.9 Å². The number of hydrogen-bond donors (Lipinski definition) is 3. The average molecular weight is 577 g/mol. The molecule has 5 rings (SSSR count). The van der Waals surface area contributed by atoms with Gasteiger partial charge in [0.05, 0.1) is 7.11 Å². The molecule has 0 saturated carbocycles. The van der Waals surface area contributed by atoms with Crippen molar-refractivity contribution in [2.75, 3.05) is 25.0 Å². The van der Waals surface area contributed by atoms with Gasteiger partial charge in [0.15, 0.2) is 28.2 Å². The van der Waals surface area contributed by atoms with E-state index in [4.69, 9.17) is 19.9 Å². The number of anilines is 1. The van der Waals surface area contributed by atoms with Crippen LogP contribution in [0, 0.1) is 6.92 Å². The fourth-order valence-electron chi connectivity index (χ4n) is 3.54. The van der Waals surface area contributed by atoms with Crippen LogP contribution < -0.4 is 24.7 Å². The Morgan fingerprint density at radius 1 is 1.02 bits per heavy atom. The van der Waals surface area contributed by atoms with E-state index in [2.05, 4.69) is 45.3 Å². The van der Waals surface area contributed by atoms with Gasteiger partial charge in [0.25, 0.3) is 15.9 Å². The number of sulfonamides is 1. The van der Waals surface area contributed by atoms with Crippen LogP contribution in [0.25, 0.3) is 22.9 Å². The lowest BCUT2D eigenvalue weighted by Crippen LogP contribution is -2.18. The summed E-state index contributed by atoms with van der Waals surface area (Å²) in [6.45, 7) is 2.00. The highest BCUT2D eigenvalue weighted by Crippen LogP contribution is 2.41. The molecular weight excluding hydrogens is 552 g/mol. The number of nitrogens with one attached hydrogen (secondary N) is 2. The minimum Gasteiger partial charge on any atom is -0.493 e. The van der Waals surface area contributed by atoms with Gasteiger partial charge in [-0.2, -0.15) is 18.6 Å². The van der Waals surface area contributed by atoms with E-state index in [1.54, 1.807) is 49.4 Å². The van der Waals surface area contributed by atoms with Crippen molar-refractivity contribution in [2.24, 2.45) is 5.73 Å². The summed E-state index contributed by atoms with van der Waals surface area (Å²) in [5.74, 6) is 0.581. The smallest absolute Gasteiger partial charge is 0.280 e. The summed E-state index contributed by atoms with van der Waals surface area (Å²) >= 11 is 0. The molecule has 0 aliphatic heterocycles. The number of H-pyrrole nitrogens is 1. The summed E-state index contributed by atoms with van der Waals surface area (Å²) in [4.78, 5) is 17.3. The molecule has 0 unspecified atom stereocenters. The van der Waals surface area contributed by atoms with E-state index in [0.29, 0.717) is 17.0 Å². The van der Waals surface area contributed by atoms with Gasteiger partial charge in [-0.05, 0) is 48.0 Å². The normalized spacial score (nSPS) is 11.2. The van der Waals surface area contributed by atoms with Crippen molar-refractivity contribution in [3.8, 4) is 46.0 Å². The quantitative estimate of drug-likeness (QED) is 0.207. The molecule has 15 nitrogen and oxygen atoms in total. The molecule has 0 atom stereocenters. The summed E-state index contributed by atoms with van der Waals surface area (Å²) in [5.41, 5.74) is 7.32. The first-order chi connectivity index (χ1) is 19.9. The van der Waals surface area contributed by atoms with Crippen LogP contribution >= 0.6 is 0 Å². The molecule has 0 amide bonds. The predicted octanol–water partition coefficient (Wildman–Crippen LogP) is 2.36. The van der Waals surface area contributed by atoms with Gasteiger partial charge in [0.1, 0.15) is 12.3 Å². The van der Waals surface area contributed by atoms with E-state index in [0.717, 1.165) is 5.56 Å². The molecule has 0 bridgehead atoms. The Morgan fingerprint density at radius 2 is 1.85 bits per heavy atom. The lowest BCUT2D eigenvalue weighted by Gasteiger charge is -2.18. The number of hydrogen-bond acceptors (Lipinski definition) is 13. The number of aryl methyl sites for hydroxylation is 1. The van der Waals surface area contributed by atoms with E-state index < -0.39 is 10.0 Å². The minimum atomic E-state index is -4.23. The number of benzene rings is 1. The van der Waals surface area contributed by atoms with Crippen LogP contribution in [0.3, 0.4) is 0 Å². The van der Waals surface area contributed by atoms with E-state index in [1.165, 1.54) is 25.6 Å². The summed E-state index contributed by atoms with van der Waals surface area (Å²) in [6.07, 6.45) is 2.95. The van der Waals surface area contributed by atoms with Gasteiger partial charge in [0, 0.05) is 24.5 Å². The molecule has 41 heavy (non-hydrogen) atoms. The third kappa shape index (κ3) is 6.18. The van der Waals surface area contributed by atoms with Crippen LogP contribution in [0.2, 0.25) is 0 Å². The molecule has 210 valence electrons. The molecule has 0 fully saturated rings. The fourth-order valence-corrected chi connectivity index (χ4v) is 4.48. The minimum absolute atomic E-state index is 0.0505. The molecular formula is C25H24N10O5S. The Bertz CT molecular complexity index is 1750. The highest BCUT2D eigenvalue weighted by atomic mass is 32.2. The van der Waals surface area contributed by atoms with Crippen molar-refractivity contribution in [3.05, 3.63) is 66.5 Å². The molecule has 0 aliphatic carbocycles. The van der Waals surface area contributed by atoms with Crippen molar-refractivity contribution in [2.45, 2.75) is 11.9 Å². The van der Waals surface area contributed by atoms with Gasteiger partial charge in [-0.1, -0.05) is 18.2 Å². The highest BCUT2D eigenvalue weighted by molar-refractivity contribution is 7.92. The Balaban J connectivity index is 1.67. The molecule has 0 aliphatic rings. The van der Waals surface area contributed by atoms with Crippen molar-refractivity contribution >= 4 is 15.8 Å². The number of rotatable bonds is 11. The van der Waals surface area contributed by atoms with E-state index in [-0.39, 0.29) is 53.0 Å². The molecule has 1 aromatic carbocycles. The topological polar surface area (TPSA) is 206 Å². The standard InChI is InChI=1S/C25H24N10O5S/c1-15-7-8-20(28-14-15)41(36,37)33-24-21(40-19-6-4-3-5-18(19)38-2)25(39-12-10-26)30-22(29-24)16-9-11-27-17(13-16)23-31-34-35-32-23/h3-9,11,13-14H,10,12,26H2,1-2H3,(H,29,30,33)(H,31,32,34,35). The van der Waals surface area contributed by atoms with E-state index in [9.17, 15) is 8.42 Å². The Morgan fingerprint density at radius 3 is 2.56 bits per heavy atom. The van der Waals surface area contributed by atoms with E-state index in [1.807, 2.05) is 0 Å². The Hall–Kier alpha value is -5.22. The number of pyridine rings is 2. The first-order valence-electron chi connectivity index (χ1n) is 12.1. The molecule has 4 heterocycles. The van der Waals surface area contributed by atoms with Crippen LogP contribution in [0.15, 0.2) is 66.0 Å². The maximum absolute atomic E-state index is 13.4. The zero-order chi connectivity index (χ0) is 28.8. The zero-order valence-corrected chi connectivity index (χ0v) is 22.7. The van der Waals surface area contributed by atoms with Gasteiger partial charge >= 0.3 is 0 Å². The number of nitrogens with zero attached hydrogens (tertiary/aromatic N) is 7. The number of tetrazole rings is 1. The maximum atomic E-state index is 13.4. The molecule has 4 N–H and O–H groups in total. The first-order valence-corrected chi connectivity index (χ1v) is 13.6. The number of methoxy groups -OCH3 is 1. The van der Waals surface area contributed by atoms with Crippen molar-refractivity contribution in [1.29, 1.82) is 0 Å². The lowest BCUT2D eigenvalue weighted by molar-refractivity contribution is 0.296. The van der Waals surface area contributed by atoms with Crippen molar-refractivity contribution in [3.63, 3.8) is 0 Å². The summed E-state index contributed by atoms with van der Waals surface area (Å²) in [6, 6.07) is 13.1. The van der Waals surface area contributed by atoms with Crippen molar-refractivity contribution in [1.82, 2.24) is 40.6 Å². The van der Waals surface area contributed by atoms with Crippen LogP contribution in [-0.2, 0) is 10.0 Å². The highest BCUT2D eigenvalue weighted by Gasteiger charge is 2.26. The number of nitrogens with two attached hydrogens (primary N) is 1. The summed E-state index contributed by atoms with van der Waals surface area (Å²) in [5, 5.41) is 13.6. The van der Waals surface area contributed by atoms with Crippen molar-refractivity contribution < 1.29 is 22.6 Å². The second-order valence-corrected chi connectivity index (χ2v) is 9.99. The molecule has 0 radical (unpaired) electrons. The SMILES string of the molecule is COc1ccccc1Oc1c(NS(=O)(=O)c2ccc(C)cn2)nc(-c2ccnc(-c3nn[nH]n3)c2)nc1OCCN. The monoisotopic (exact) mass is 576 g/mol. The molecule has 0 spiro atoms. The Labute approximate surface area is 234 Å². The third-order valence-corrected chi connectivity index (χ3v) is 6.71. The van der Waals surface area contributed by atoms with Crippen LogP contribution in [0.5, 0.6) is 23.1 Å². The predicted molar refractivity (Wildman–Crippen MR) is 146 cm³/mol. The molecule has 16 heteroatoms. The molecule has 0 saturated heterocycles. The van der Waals surface area contributed by atoms with E-state index >= 15 is 0 Å². The van der Waals surface area contributed by atoms with Crippen LogP contribution in [-0.4, -0.2) is 69.2 Å². The number of para-hydroxylation sites is 2. The number of ether oxygens (including phenoxy) is 3. The summed E-state index contributed by atoms with van der Waals surface area (Å²) < 4.78 is 46.6. The Kier molecular flexibility index (Phi) is 7.93. The largest absolute Gasteiger partial charge is 0.493 e. The fraction of sp³-hybridized carbons (Fsp3) is 0.160. The van der Waals surface area contributed by atoms with Gasteiger partial charge in [-0.3, -0.25) is 9.71 Å². The molecule has 4 aromatic heterocycles. The maximum Gasteiger partial charge on any atom is 0.280 e. The number of aromatic nitrogens is 8. The van der Waals surface area contributed by atoms with Gasteiger partial charge in [0.2, 0.25) is 11.6 Å². The second-order valence-electron chi connectivity index (χ2n) is 8.36. The van der Waals surface area contributed by atoms with Gasteiger partial charge in [-0.15, -0.1) is 10.2 Å². The molecule has 5 aromatic rings.